The first-order valence-electron chi connectivity index (χ1n) is 7.73. The molecule has 24 heavy (non-hydrogen) atoms. The minimum absolute atomic E-state index is 0.155. The summed E-state index contributed by atoms with van der Waals surface area (Å²) in [5.74, 6) is -5.57. The lowest BCUT2D eigenvalue weighted by Crippen LogP contribution is -2.03. The molecular formula is C18H18F4O2. The standard InChI is InChI=1S/C18H18F4O2/c1-3-5-10-24-14-9-7-12(16(20)18(14)22)11-6-8-13(23-4-2)17(21)15(11)19/h6-9H,3-5,10H2,1-2H3. The van der Waals surface area contributed by atoms with Gasteiger partial charge in [-0.3, -0.25) is 0 Å². The van der Waals surface area contributed by atoms with Crippen molar-refractivity contribution in [3.63, 3.8) is 0 Å². The molecule has 2 rings (SSSR count). The average Bonchev–Trinajstić information content (AvgIpc) is 2.57. The van der Waals surface area contributed by atoms with Crippen LogP contribution < -0.4 is 9.47 Å². The number of halogens is 4. The van der Waals surface area contributed by atoms with E-state index in [1.54, 1.807) is 6.92 Å². The molecule has 0 N–H and O–H groups in total. The Hall–Kier alpha value is -2.24. The molecule has 0 saturated heterocycles. The number of hydrogen-bond acceptors (Lipinski definition) is 2. The first-order valence-corrected chi connectivity index (χ1v) is 7.73. The average molecular weight is 342 g/mol. The summed E-state index contributed by atoms with van der Waals surface area (Å²) in [5.41, 5.74) is -0.762. The number of ether oxygens (including phenoxy) is 2. The van der Waals surface area contributed by atoms with E-state index in [9.17, 15) is 17.6 Å². The van der Waals surface area contributed by atoms with Gasteiger partial charge in [-0.15, -0.1) is 0 Å². The quantitative estimate of drug-likeness (QED) is 0.489. The molecule has 0 bridgehead atoms. The number of rotatable bonds is 7. The van der Waals surface area contributed by atoms with Crippen LogP contribution in [-0.2, 0) is 0 Å². The van der Waals surface area contributed by atoms with Gasteiger partial charge in [0.05, 0.1) is 13.2 Å². The van der Waals surface area contributed by atoms with Crippen LogP contribution in [0, 0.1) is 23.3 Å². The third-order valence-corrected chi connectivity index (χ3v) is 3.44. The normalized spacial score (nSPS) is 10.8. The van der Waals surface area contributed by atoms with Crippen LogP contribution in [0.5, 0.6) is 11.5 Å². The molecule has 0 amide bonds. The molecule has 0 saturated carbocycles. The molecule has 0 heterocycles. The summed E-state index contributed by atoms with van der Waals surface area (Å²) < 4.78 is 66.5. The second kappa shape index (κ2) is 8.04. The smallest absolute Gasteiger partial charge is 0.201 e. The minimum atomic E-state index is -1.29. The zero-order valence-electron chi connectivity index (χ0n) is 13.5. The number of hydrogen-bond donors (Lipinski definition) is 0. The lowest BCUT2D eigenvalue weighted by Gasteiger charge is -2.12. The van der Waals surface area contributed by atoms with E-state index in [1.165, 1.54) is 12.1 Å². The third-order valence-electron chi connectivity index (χ3n) is 3.44. The van der Waals surface area contributed by atoms with Gasteiger partial charge in [0, 0.05) is 11.1 Å². The molecule has 0 aliphatic heterocycles. The van der Waals surface area contributed by atoms with Gasteiger partial charge in [0.1, 0.15) is 0 Å². The molecule has 6 heteroatoms. The van der Waals surface area contributed by atoms with Crippen molar-refractivity contribution in [3.8, 4) is 22.6 Å². The van der Waals surface area contributed by atoms with Crippen molar-refractivity contribution in [2.45, 2.75) is 26.7 Å². The van der Waals surface area contributed by atoms with Crippen molar-refractivity contribution < 1.29 is 27.0 Å². The molecular weight excluding hydrogens is 324 g/mol. The highest BCUT2D eigenvalue weighted by atomic mass is 19.2. The van der Waals surface area contributed by atoms with Crippen molar-refractivity contribution in [3.05, 3.63) is 47.5 Å². The van der Waals surface area contributed by atoms with E-state index in [0.29, 0.717) is 6.42 Å². The first-order chi connectivity index (χ1) is 11.5. The van der Waals surface area contributed by atoms with Gasteiger partial charge in [0.25, 0.3) is 0 Å². The van der Waals surface area contributed by atoms with Gasteiger partial charge in [0.15, 0.2) is 23.1 Å². The molecule has 130 valence electrons. The van der Waals surface area contributed by atoms with E-state index in [4.69, 9.17) is 9.47 Å². The first kappa shape index (κ1) is 18.1. The van der Waals surface area contributed by atoms with Gasteiger partial charge in [-0.1, -0.05) is 13.3 Å². The highest BCUT2D eigenvalue weighted by Crippen LogP contribution is 2.34. The SMILES string of the molecule is CCCCOc1ccc(-c2ccc(OCC)c(F)c2F)c(F)c1F. The van der Waals surface area contributed by atoms with Crippen LogP contribution in [0.25, 0.3) is 11.1 Å². The van der Waals surface area contributed by atoms with Gasteiger partial charge in [-0.2, -0.15) is 8.78 Å². The maximum atomic E-state index is 14.2. The van der Waals surface area contributed by atoms with Crippen molar-refractivity contribution in [2.75, 3.05) is 13.2 Å². The molecule has 0 atom stereocenters. The van der Waals surface area contributed by atoms with Crippen LogP contribution in [0.4, 0.5) is 17.6 Å². The Morgan fingerprint density at radius 3 is 1.67 bits per heavy atom. The predicted molar refractivity (Wildman–Crippen MR) is 83.3 cm³/mol. The zero-order valence-corrected chi connectivity index (χ0v) is 13.5. The van der Waals surface area contributed by atoms with E-state index in [-0.39, 0.29) is 35.8 Å². The molecule has 0 unspecified atom stereocenters. The zero-order chi connectivity index (χ0) is 17.7. The summed E-state index contributed by atoms with van der Waals surface area (Å²) in [5, 5.41) is 0. The Labute approximate surface area is 138 Å². The Bertz CT molecular complexity index is 717. The molecule has 0 aromatic heterocycles. The fourth-order valence-corrected chi connectivity index (χ4v) is 2.18. The summed E-state index contributed by atoms with van der Waals surface area (Å²) >= 11 is 0. The van der Waals surface area contributed by atoms with E-state index < -0.39 is 23.3 Å². The molecule has 2 aromatic carbocycles. The molecule has 0 fully saturated rings. The van der Waals surface area contributed by atoms with E-state index in [2.05, 4.69) is 0 Å². The second-order valence-electron chi connectivity index (χ2n) is 5.11. The van der Waals surface area contributed by atoms with Gasteiger partial charge in [-0.25, -0.2) is 8.78 Å². The van der Waals surface area contributed by atoms with Crippen LogP contribution in [0.3, 0.4) is 0 Å². The fraction of sp³-hybridized carbons (Fsp3) is 0.333. The summed E-state index contributed by atoms with van der Waals surface area (Å²) in [4.78, 5) is 0. The third kappa shape index (κ3) is 3.63. The Morgan fingerprint density at radius 2 is 1.21 bits per heavy atom. The second-order valence-corrected chi connectivity index (χ2v) is 5.11. The maximum Gasteiger partial charge on any atom is 0.201 e. The number of unbranched alkanes of at least 4 members (excludes halogenated alkanes) is 1. The molecule has 0 spiro atoms. The Kier molecular flexibility index (Phi) is 6.06. The topological polar surface area (TPSA) is 18.5 Å². The summed E-state index contributed by atoms with van der Waals surface area (Å²) in [7, 11) is 0. The van der Waals surface area contributed by atoms with Crippen molar-refractivity contribution in [2.24, 2.45) is 0 Å². The molecule has 0 aliphatic rings. The van der Waals surface area contributed by atoms with Gasteiger partial charge in [0.2, 0.25) is 11.6 Å². The van der Waals surface area contributed by atoms with E-state index in [0.717, 1.165) is 18.6 Å². The van der Waals surface area contributed by atoms with Crippen molar-refractivity contribution >= 4 is 0 Å². The molecule has 2 nitrogen and oxygen atoms in total. The van der Waals surface area contributed by atoms with E-state index in [1.807, 2.05) is 6.92 Å². The summed E-state index contributed by atoms with van der Waals surface area (Å²) in [6.45, 7) is 3.96. The van der Waals surface area contributed by atoms with Crippen molar-refractivity contribution in [1.82, 2.24) is 0 Å². The van der Waals surface area contributed by atoms with Crippen LogP contribution in [0.2, 0.25) is 0 Å². The van der Waals surface area contributed by atoms with Gasteiger partial charge >= 0.3 is 0 Å². The van der Waals surface area contributed by atoms with Crippen molar-refractivity contribution in [1.29, 1.82) is 0 Å². The number of benzene rings is 2. The Balaban J connectivity index is 2.39. The lowest BCUT2D eigenvalue weighted by atomic mass is 10.0. The van der Waals surface area contributed by atoms with Gasteiger partial charge in [-0.05, 0) is 37.6 Å². The largest absolute Gasteiger partial charge is 0.491 e. The Morgan fingerprint density at radius 1 is 0.708 bits per heavy atom. The molecule has 2 aromatic rings. The lowest BCUT2D eigenvalue weighted by molar-refractivity contribution is 0.289. The van der Waals surface area contributed by atoms with Gasteiger partial charge < -0.3 is 9.47 Å². The van der Waals surface area contributed by atoms with Crippen LogP contribution in [0.1, 0.15) is 26.7 Å². The van der Waals surface area contributed by atoms with Crippen LogP contribution in [0.15, 0.2) is 24.3 Å². The monoisotopic (exact) mass is 342 g/mol. The highest BCUT2D eigenvalue weighted by molar-refractivity contribution is 5.67. The minimum Gasteiger partial charge on any atom is -0.491 e. The predicted octanol–water partition coefficient (Wildman–Crippen LogP) is 5.49. The molecule has 0 aliphatic carbocycles. The fourth-order valence-electron chi connectivity index (χ4n) is 2.18. The summed E-state index contributed by atoms with van der Waals surface area (Å²) in [6, 6.07) is 4.70. The molecule has 0 radical (unpaired) electrons. The van der Waals surface area contributed by atoms with E-state index >= 15 is 0 Å². The highest BCUT2D eigenvalue weighted by Gasteiger charge is 2.21. The van der Waals surface area contributed by atoms with Crippen LogP contribution >= 0.6 is 0 Å². The summed E-state index contributed by atoms with van der Waals surface area (Å²) in [6.07, 6.45) is 1.54. The maximum absolute atomic E-state index is 14.2. The van der Waals surface area contributed by atoms with Crippen LogP contribution in [-0.4, -0.2) is 13.2 Å².